The second-order valence-corrected chi connectivity index (χ2v) is 13.8. The van der Waals surface area contributed by atoms with Gasteiger partial charge in [0.2, 0.25) is 5.60 Å². The molecule has 19 nitrogen and oxygen atoms in total. The van der Waals surface area contributed by atoms with Gasteiger partial charge in [0.05, 0.1) is 18.9 Å². The van der Waals surface area contributed by atoms with Crippen molar-refractivity contribution in [1.82, 2.24) is 19.7 Å². The number of rotatable bonds is 20. The van der Waals surface area contributed by atoms with Gasteiger partial charge in [0.25, 0.3) is 0 Å². The molecule has 0 spiro atoms. The van der Waals surface area contributed by atoms with Crippen molar-refractivity contribution in [3.05, 3.63) is 54.0 Å². The maximum atomic E-state index is 14.6. The molecular formula is C34H46N7O12P. The number of esters is 4. The number of carbonyl (C=O) groups excluding carboxylic acids is 4. The van der Waals surface area contributed by atoms with Crippen molar-refractivity contribution >= 4 is 43.0 Å². The van der Waals surface area contributed by atoms with Gasteiger partial charge in [0, 0.05) is 20.0 Å². The number of benzene rings is 1. The maximum absolute atomic E-state index is 14.6. The number of hydrogen-bond acceptors (Lipinski definition) is 17. The molecule has 20 heteroatoms. The van der Waals surface area contributed by atoms with E-state index >= 15 is 0 Å². The second kappa shape index (κ2) is 19.3. The van der Waals surface area contributed by atoms with Gasteiger partial charge in [-0.15, -0.1) is 0 Å². The highest BCUT2D eigenvalue weighted by atomic mass is 31.2. The number of nitrogens with one attached hydrogen (secondary N) is 1. The Kier molecular flexibility index (Phi) is 15.5. The van der Waals surface area contributed by atoms with Gasteiger partial charge in [-0.1, -0.05) is 26.0 Å². The summed E-state index contributed by atoms with van der Waals surface area (Å²) in [6, 6.07) is 8.68. The third-order valence-electron chi connectivity index (χ3n) is 7.80. The molecule has 0 aliphatic carbocycles. The van der Waals surface area contributed by atoms with Gasteiger partial charge >= 0.3 is 31.6 Å². The van der Waals surface area contributed by atoms with E-state index in [1.165, 1.54) is 56.7 Å². The van der Waals surface area contributed by atoms with Crippen molar-refractivity contribution in [1.29, 1.82) is 5.26 Å². The Bertz CT molecular complexity index is 1870. The number of nitrogen functional groups attached to an aromatic ring is 1. The molecule has 0 bridgehead atoms. The minimum atomic E-state index is -4.70. The number of anilines is 1. The predicted octanol–water partition coefficient (Wildman–Crippen LogP) is 2.71. The molecule has 6 atom stereocenters. The molecule has 1 unspecified atom stereocenters. The van der Waals surface area contributed by atoms with Gasteiger partial charge in [-0.3, -0.25) is 23.7 Å². The van der Waals surface area contributed by atoms with Gasteiger partial charge in [-0.2, -0.15) is 15.4 Å². The third kappa shape index (κ3) is 11.0. The molecule has 294 valence electrons. The SMILES string of the molecule is CCC(=O)O[C@@H](c1ccc2c(N)ncnn12)[C@H](OC(=O)CC)[C@@](C#N)(COP(=O)(N[C@@H](C)C(=O)OC(C)C)Oc1ccc(C[C@H](N)C(=O)OC)cc1)OC. The van der Waals surface area contributed by atoms with Crippen molar-refractivity contribution < 1.29 is 56.5 Å². The van der Waals surface area contributed by atoms with Crippen molar-refractivity contribution in [2.24, 2.45) is 5.73 Å². The van der Waals surface area contributed by atoms with Gasteiger partial charge in [0.1, 0.15) is 42.4 Å². The molecule has 2 heterocycles. The second-order valence-electron chi connectivity index (χ2n) is 12.1. The first-order valence-electron chi connectivity index (χ1n) is 16.8. The van der Waals surface area contributed by atoms with E-state index in [1.807, 2.05) is 6.07 Å². The fraction of sp³-hybridized carbons (Fsp3) is 0.500. The Labute approximate surface area is 312 Å². The van der Waals surface area contributed by atoms with Crippen molar-refractivity contribution in [3.8, 4) is 11.8 Å². The summed E-state index contributed by atoms with van der Waals surface area (Å²) in [4.78, 5) is 54.4. The lowest BCUT2D eigenvalue weighted by molar-refractivity contribution is -0.193. The monoisotopic (exact) mass is 775 g/mol. The summed E-state index contributed by atoms with van der Waals surface area (Å²) >= 11 is 0. The molecule has 5 N–H and O–H groups in total. The quantitative estimate of drug-likeness (QED) is 0.0845. The zero-order valence-corrected chi connectivity index (χ0v) is 31.9. The number of nitrogens with two attached hydrogens (primary N) is 2. The van der Waals surface area contributed by atoms with Crippen LogP contribution in [0.2, 0.25) is 0 Å². The van der Waals surface area contributed by atoms with Gasteiger partial charge in [0.15, 0.2) is 18.0 Å². The van der Waals surface area contributed by atoms with Crippen LogP contribution in [0.1, 0.15) is 64.8 Å². The highest BCUT2D eigenvalue weighted by Crippen LogP contribution is 2.47. The first-order valence-corrected chi connectivity index (χ1v) is 18.4. The molecule has 1 aromatic carbocycles. The van der Waals surface area contributed by atoms with Crippen LogP contribution >= 0.6 is 7.75 Å². The van der Waals surface area contributed by atoms with Crippen LogP contribution in [0.4, 0.5) is 5.82 Å². The van der Waals surface area contributed by atoms with E-state index in [9.17, 15) is 29.0 Å². The summed E-state index contributed by atoms with van der Waals surface area (Å²) in [5.41, 5.74) is 10.6. The van der Waals surface area contributed by atoms with Gasteiger partial charge in [-0.05, 0) is 57.0 Å². The molecule has 54 heavy (non-hydrogen) atoms. The summed E-state index contributed by atoms with van der Waals surface area (Å²) < 4.78 is 54.7. The summed E-state index contributed by atoms with van der Waals surface area (Å²) in [7, 11) is -2.38. The van der Waals surface area contributed by atoms with Crippen molar-refractivity contribution in [3.63, 3.8) is 0 Å². The first-order chi connectivity index (χ1) is 25.5. The number of methoxy groups -OCH3 is 2. The molecule has 0 radical (unpaired) electrons. The van der Waals surface area contributed by atoms with Crippen molar-refractivity contribution in [2.45, 2.75) is 89.9 Å². The minimum Gasteiger partial charge on any atom is -0.468 e. The fourth-order valence-corrected chi connectivity index (χ4v) is 6.45. The lowest BCUT2D eigenvalue weighted by atomic mass is 9.92. The summed E-state index contributed by atoms with van der Waals surface area (Å²) in [6.07, 6.45) is -2.90. The van der Waals surface area contributed by atoms with E-state index in [0.29, 0.717) is 11.1 Å². The topological polar surface area (TPSA) is 268 Å². The van der Waals surface area contributed by atoms with Crippen LogP contribution in [-0.2, 0) is 58.4 Å². The van der Waals surface area contributed by atoms with Crippen LogP contribution in [0.15, 0.2) is 42.7 Å². The maximum Gasteiger partial charge on any atom is 0.459 e. The number of hydrogen-bond donors (Lipinski definition) is 3. The minimum absolute atomic E-state index is 0.0220. The van der Waals surface area contributed by atoms with E-state index in [2.05, 4.69) is 19.9 Å². The largest absolute Gasteiger partial charge is 0.468 e. The molecule has 3 rings (SSSR count). The summed E-state index contributed by atoms with van der Waals surface area (Å²) in [5.74, 6) is -2.93. The molecule has 3 aromatic rings. The molecule has 2 aromatic heterocycles. The zero-order valence-electron chi connectivity index (χ0n) is 31.0. The summed E-state index contributed by atoms with van der Waals surface area (Å²) in [5, 5.41) is 17.5. The lowest BCUT2D eigenvalue weighted by Crippen LogP contribution is -2.53. The highest BCUT2D eigenvalue weighted by molar-refractivity contribution is 7.52. The Morgan fingerprint density at radius 2 is 1.63 bits per heavy atom. The molecular weight excluding hydrogens is 729 g/mol. The number of fused-ring (bicyclic) bond motifs is 1. The van der Waals surface area contributed by atoms with E-state index < -0.39 is 74.2 Å². The fourth-order valence-electron chi connectivity index (χ4n) is 4.92. The average molecular weight is 776 g/mol. The van der Waals surface area contributed by atoms with Crippen LogP contribution in [0.5, 0.6) is 5.75 Å². The third-order valence-corrected chi connectivity index (χ3v) is 9.42. The molecule has 0 saturated carbocycles. The smallest absolute Gasteiger partial charge is 0.459 e. The van der Waals surface area contributed by atoms with Gasteiger partial charge in [-0.25, -0.2) is 14.1 Å². The number of aromatic nitrogens is 3. The molecule has 0 saturated heterocycles. The normalized spacial score (nSPS) is 15.8. The predicted molar refractivity (Wildman–Crippen MR) is 190 cm³/mol. The molecule has 0 fully saturated rings. The Morgan fingerprint density at radius 3 is 2.20 bits per heavy atom. The average Bonchev–Trinajstić information content (AvgIpc) is 3.59. The Morgan fingerprint density at radius 1 is 0.981 bits per heavy atom. The van der Waals surface area contributed by atoms with Crippen LogP contribution in [0.25, 0.3) is 5.52 Å². The zero-order chi connectivity index (χ0) is 40.2. The molecule has 0 amide bonds. The Hall–Kier alpha value is -5.12. The lowest BCUT2D eigenvalue weighted by Gasteiger charge is -2.37. The highest BCUT2D eigenvalue weighted by Gasteiger charge is 2.52. The van der Waals surface area contributed by atoms with Crippen LogP contribution in [-0.4, -0.2) is 89.2 Å². The van der Waals surface area contributed by atoms with Gasteiger partial charge < -0.3 is 39.7 Å². The van der Waals surface area contributed by atoms with Crippen LogP contribution in [0, 0.1) is 11.3 Å². The molecule has 0 aliphatic heterocycles. The first kappa shape index (κ1) is 43.3. The van der Waals surface area contributed by atoms with E-state index in [-0.39, 0.29) is 36.5 Å². The Balaban J connectivity index is 2.10. The number of carbonyl (C=O) groups is 4. The van der Waals surface area contributed by atoms with Crippen molar-refractivity contribution in [2.75, 3.05) is 26.6 Å². The number of nitriles is 1. The van der Waals surface area contributed by atoms with E-state index in [0.717, 1.165) is 13.4 Å². The number of ether oxygens (including phenoxy) is 5. The standard InChI is InChI=1S/C34H46N7O12P/c1-8-27(42)51-29(25-14-15-26-31(37)38-19-39-41(25)26)30(52-28(43)9-2)34(17-35,48-7)18-49-54(46,40-21(5)32(44)50-20(3)4)53-23-12-10-22(11-13-23)16-24(36)33(45)47-6/h10-15,19-21,24,29-30H,8-9,16,18,36H2,1-7H3,(H,40,46)(H2,37,38,39)/t21-,24-,29-,30-,34+,54?/m0/s1. The van der Waals surface area contributed by atoms with E-state index in [4.69, 9.17) is 39.5 Å². The van der Waals surface area contributed by atoms with Crippen LogP contribution in [0.3, 0.4) is 0 Å². The molecule has 0 aliphatic rings. The summed E-state index contributed by atoms with van der Waals surface area (Å²) in [6.45, 7) is 6.68. The number of nitrogens with zero attached hydrogens (tertiary/aromatic N) is 4. The van der Waals surface area contributed by atoms with E-state index in [1.54, 1.807) is 26.0 Å². The van der Waals surface area contributed by atoms with Crippen LogP contribution < -0.4 is 21.1 Å².